The van der Waals surface area contributed by atoms with E-state index in [0.717, 1.165) is 6.42 Å². The number of carbonyl (C=O) groups is 3. The summed E-state index contributed by atoms with van der Waals surface area (Å²) in [5, 5.41) is 17.5. The first-order valence-corrected chi connectivity index (χ1v) is 21.5. The van der Waals surface area contributed by atoms with Gasteiger partial charge in [0, 0.05) is 55.7 Å². The van der Waals surface area contributed by atoms with Crippen molar-refractivity contribution in [2.45, 2.75) is 100 Å². The Bertz CT molecular complexity index is 2180. The summed E-state index contributed by atoms with van der Waals surface area (Å²) in [5.74, 6) is -1.10. The van der Waals surface area contributed by atoms with Crippen LogP contribution in [0.1, 0.15) is 73.8 Å². The molecule has 60 heavy (non-hydrogen) atoms. The summed E-state index contributed by atoms with van der Waals surface area (Å²) < 4.78 is 84.3. The van der Waals surface area contributed by atoms with Gasteiger partial charge in [-0.15, -0.1) is 0 Å². The van der Waals surface area contributed by atoms with E-state index in [4.69, 9.17) is 19.9 Å². The molecule has 0 radical (unpaired) electrons. The first-order valence-electron chi connectivity index (χ1n) is 19.9. The van der Waals surface area contributed by atoms with E-state index in [1.807, 2.05) is 12.2 Å². The summed E-state index contributed by atoms with van der Waals surface area (Å²) in [5.41, 5.74) is 5.33. The molecule has 3 aromatic rings. The molecular formula is C40H52F3N7O9S. The van der Waals surface area contributed by atoms with Crippen molar-refractivity contribution in [3.8, 4) is 17.4 Å². The molecule has 6 rings (SSSR count). The average molecular weight is 864 g/mol. The summed E-state index contributed by atoms with van der Waals surface area (Å²) in [7, 11) is -0.383. The van der Waals surface area contributed by atoms with Gasteiger partial charge in [0.05, 0.1) is 23.9 Å². The second kappa shape index (κ2) is 18.4. The van der Waals surface area contributed by atoms with Crippen LogP contribution in [0.5, 0.6) is 17.4 Å². The largest absolute Gasteiger partial charge is 0.496 e. The predicted molar refractivity (Wildman–Crippen MR) is 213 cm³/mol. The van der Waals surface area contributed by atoms with Gasteiger partial charge < -0.3 is 35.2 Å². The third-order valence-corrected chi connectivity index (χ3v) is 13.1. The van der Waals surface area contributed by atoms with Crippen molar-refractivity contribution in [3.63, 3.8) is 0 Å². The molecular weight excluding hydrogens is 812 g/mol. The number of alkyl halides is 3. The summed E-state index contributed by atoms with van der Waals surface area (Å²) in [6.07, 6.45) is 4.63. The lowest BCUT2D eigenvalue weighted by Gasteiger charge is -2.35. The third kappa shape index (κ3) is 11.3. The molecule has 5 N–H and O–H groups in total. The van der Waals surface area contributed by atoms with Gasteiger partial charge in [-0.3, -0.25) is 19.2 Å². The number of primary amides is 1. The highest BCUT2D eigenvalue weighted by atomic mass is 32.2. The van der Waals surface area contributed by atoms with E-state index in [0.29, 0.717) is 67.0 Å². The van der Waals surface area contributed by atoms with E-state index in [1.54, 1.807) is 37.2 Å². The van der Waals surface area contributed by atoms with E-state index in [1.165, 1.54) is 23.9 Å². The Hall–Kier alpha value is -4.79. The standard InChI is InChI=1S/C40H52F3N7O9S/c1-24-32(57-3)13-12-28-33(19-34(45-35(24)28)58-23-40(41,42)43)59-26-18-31(36(44)52)50(20-26)21-39(22-51,46-38(54)30-14-16-49(2)47-30)15-8-6-4-5-7-9-25-17-29(25)37(53)48-60(55,56)27-10-11-27/h7,9,12-14,16,19,22,25-27,29,31,37,48,53H,4-6,8,10-11,15,17-18,20-21,23H2,1-3H3,(H2,44,52)(H,46,54). The van der Waals surface area contributed by atoms with Crippen LogP contribution in [0.15, 0.2) is 42.6 Å². The number of aromatic nitrogens is 3. The number of unbranched alkanes of at least 4 members (excludes halogenated alkanes) is 3. The number of amides is 2. The van der Waals surface area contributed by atoms with Gasteiger partial charge in [0.25, 0.3) is 5.91 Å². The second-order valence-electron chi connectivity index (χ2n) is 16.0. The zero-order chi connectivity index (χ0) is 43.4. The lowest BCUT2D eigenvalue weighted by molar-refractivity contribution is -0.154. The number of sulfonamides is 1. The lowest BCUT2D eigenvalue weighted by atomic mass is 9.91. The smallest absolute Gasteiger partial charge is 0.422 e. The number of likely N-dealkylation sites (tertiary alicyclic amines) is 1. The summed E-state index contributed by atoms with van der Waals surface area (Å²) in [6, 6.07) is 5.18. The number of nitrogens with two attached hydrogens (primary N) is 1. The first-order chi connectivity index (χ1) is 28.4. The van der Waals surface area contributed by atoms with Crippen molar-refractivity contribution in [3.05, 3.63) is 53.9 Å². The average Bonchev–Trinajstić information content (AvgIpc) is 4.11. The van der Waals surface area contributed by atoms with Crippen LogP contribution in [-0.2, 0) is 26.7 Å². The van der Waals surface area contributed by atoms with Crippen LogP contribution in [0.2, 0.25) is 0 Å². The van der Waals surface area contributed by atoms with Gasteiger partial charge in [0.1, 0.15) is 41.3 Å². The van der Waals surface area contributed by atoms with Crippen LogP contribution in [0, 0.1) is 18.8 Å². The highest BCUT2D eigenvalue weighted by Crippen LogP contribution is 2.43. The lowest BCUT2D eigenvalue weighted by Crippen LogP contribution is -2.59. The number of fused-ring (bicyclic) bond motifs is 1. The third-order valence-electron chi connectivity index (χ3n) is 11.2. The van der Waals surface area contributed by atoms with Gasteiger partial charge in [0.2, 0.25) is 21.8 Å². The highest BCUT2D eigenvalue weighted by molar-refractivity contribution is 7.90. The number of nitrogens with zero attached hydrogens (tertiary/aromatic N) is 4. The molecule has 2 aliphatic carbocycles. The molecule has 6 unspecified atom stereocenters. The normalized spacial score (nSPS) is 22.4. The summed E-state index contributed by atoms with van der Waals surface area (Å²) in [4.78, 5) is 45.4. The monoisotopic (exact) mass is 863 g/mol. The van der Waals surface area contributed by atoms with E-state index < -0.39 is 63.8 Å². The van der Waals surface area contributed by atoms with Crippen LogP contribution in [0.3, 0.4) is 0 Å². The van der Waals surface area contributed by atoms with Gasteiger partial charge in [-0.25, -0.2) is 13.4 Å². The molecule has 328 valence electrons. The van der Waals surface area contributed by atoms with E-state index >= 15 is 0 Å². The maximum Gasteiger partial charge on any atom is 0.422 e. The fraction of sp³-hybridized carbons (Fsp3) is 0.575. The second-order valence-corrected chi connectivity index (χ2v) is 18.0. The maximum atomic E-state index is 13.5. The number of rotatable bonds is 22. The van der Waals surface area contributed by atoms with Crippen molar-refractivity contribution in [2.75, 3.05) is 26.8 Å². The minimum atomic E-state index is -4.62. The molecule has 2 aromatic heterocycles. The van der Waals surface area contributed by atoms with Crippen LogP contribution >= 0.6 is 0 Å². The number of methoxy groups -OCH3 is 1. The topological polar surface area (TPSA) is 217 Å². The highest BCUT2D eigenvalue weighted by Gasteiger charge is 2.45. The number of aliphatic hydroxyl groups excluding tert-OH is 1. The predicted octanol–water partition coefficient (Wildman–Crippen LogP) is 3.44. The molecule has 0 bridgehead atoms. The van der Waals surface area contributed by atoms with Gasteiger partial charge in [0.15, 0.2) is 6.61 Å². The van der Waals surface area contributed by atoms with E-state index in [9.17, 15) is 41.1 Å². The number of hydrogen-bond donors (Lipinski definition) is 4. The fourth-order valence-electron chi connectivity index (χ4n) is 7.70. The molecule has 1 aromatic carbocycles. The van der Waals surface area contributed by atoms with E-state index in [2.05, 4.69) is 20.1 Å². The molecule has 16 nitrogen and oxygen atoms in total. The number of halogens is 3. The minimum Gasteiger partial charge on any atom is -0.496 e. The zero-order valence-electron chi connectivity index (χ0n) is 33.7. The van der Waals surface area contributed by atoms with Crippen LogP contribution < -0.4 is 30.0 Å². The minimum absolute atomic E-state index is 0.0734. The van der Waals surface area contributed by atoms with Crippen LogP contribution in [0.25, 0.3) is 10.9 Å². The number of ether oxygens (including phenoxy) is 3. The molecule has 2 saturated carbocycles. The van der Waals surface area contributed by atoms with Crippen molar-refractivity contribution >= 4 is 39.0 Å². The molecule has 3 fully saturated rings. The molecule has 2 amide bonds. The number of hydrogen-bond acceptors (Lipinski definition) is 12. The van der Waals surface area contributed by atoms with Gasteiger partial charge in [-0.1, -0.05) is 25.0 Å². The number of aldehydes is 1. The van der Waals surface area contributed by atoms with Crippen LogP contribution in [0.4, 0.5) is 13.2 Å². The van der Waals surface area contributed by atoms with Gasteiger partial charge >= 0.3 is 6.18 Å². The number of allylic oxidation sites excluding steroid dienone is 2. The van der Waals surface area contributed by atoms with E-state index in [-0.39, 0.29) is 55.1 Å². The Morgan fingerprint density at radius 1 is 1.13 bits per heavy atom. The maximum absolute atomic E-state index is 13.5. The summed E-state index contributed by atoms with van der Waals surface area (Å²) in [6.45, 7) is 0.0856. The van der Waals surface area contributed by atoms with Crippen LogP contribution in [-0.4, -0.2) is 113 Å². The Morgan fingerprint density at radius 2 is 1.90 bits per heavy atom. The Kier molecular flexibility index (Phi) is 13.8. The number of carbonyl (C=O) groups excluding carboxylic acids is 3. The molecule has 1 aliphatic heterocycles. The molecule has 20 heteroatoms. The number of pyridine rings is 1. The molecule has 1 saturated heterocycles. The first kappa shape index (κ1) is 44.8. The van der Waals surface area contributed by atoms with Crippen molar-refractivity contribution in [1.82, 2.24) is 29.7 Å². The molecule has 3 heterocycles. The number of aryl methyl sites for hydroxylation is 2. The van der Waals surface area contributed by atoms with Crippen molar-refractivity contribution < 1.29 is 55.3 Å². The number of benzene rings is 1. The van der Waals surface area contributed by atoms with Gasteiger partial charge in [-0.2, -0.15) is 23.0 Å². The Balaban J connectivity index is 1.12. The van der Waals surface area contributed by atoms with Gasteiger partial charge in [-0.05, 0) is 69.6 Å². The Labute approximate surface area is 346 Å². The number of aliphatic hydroxyl groups is 1. The molecule has 6 atom stereocenters. The zero-order valence-corrected chi connectivity index (χ0v) is 34.5. The summed E-state index contributed by atoms with van der Waals surface area (Å²) >= 11 is 0. The van der Waals surface area contributed by atoms with Crippen molar-refractivity contribution in [2.24, 2.45) is 24.6 Å². The molecule has 3 aliphatic rings. The molecule has 0 spiro atoms. The van der Waals surface area contributed by atoms with Crippen molar-refractivity contribution in [1.29, 1.82) is 0 Å². The SMILES string of the molecule is COc1ccc2c(OC3CC(C(N)=O)N(CC(C=O)(CCCCCC=CC4CC4C(O)NS(=O)(=O)C4CC4)NC(=O)c4ccn(C)n4)C3)cc(OCC(F)(F)F)nc2c1C. The quantitative estimate of drug-likeness (QED) is 0.0495. The number of nitrogens with one attached hydrogen (secondary N) is 2. The Morgan fingerprint density at radius 3 is 2.55 bits per heavy atom. The fourth-order valence-corrected chi connectivity index (χ4v) is 9.16.